The first kappa shape index (κ1) is 25.5. The van der Waals surface area contributed by atoms with Gasteiger partial charge in [-0.3, -0.25) is 4.79 Å². The third-order valence-corrected chi connectivity index (χ3v) is 5.69. The van der Waals surface area contributed by atoms with Gasteiger partial charge in [0, 0.05) is 31.1 Å². The second-order valence-electron chi connectivity index (χ2n) is 7.99. The van der Waals surface area contributed by atoms with Gasteiger partial charge in [-0.05, 0) is 44.4 Å². The molecule has 1 aromatic carbocycles. The highest BCUT2D eigenvalue weighted by Crippen LogP contribution is 2.50. The number of nitriles is 1. The van der Waals surface area contributed by atoms with Crippen LogP contribution in [0.3, 0.4) is 0 Å². The number of aliphatic carboxylic acids is 1. The van der Waals surface area contributed by atoms with Gasteiger partial charge in [0.05, 0.1) is 22.6 Å². The molecular weight excluding hydrogens is 445 g/mol. The van der Waals surface area contributed by atoms with E-state index in [1.165, 1.54) is 18.7 Å². The Morgan fingerprint density at radius 1 is 1.25 bits per heavy atom. The van der Waals surface area contributed by atoms with Gasteiger partial charge in [0.15, 0.2) is 0 Å². The third-order valence-electron chi connectivity index (χ3n) is 5.69. The van der Waals surface area contributed by atoms with E-state index < -0.39 is 53.0 Å². The molecule has 1 aliphatic heterocycles. The molecule has 0 bridgehead atoms. The standard InChI is InChI=1S/C21H21F7N2O2/c1-12-15(10-29)17(14-6-5-13(22)9-16(14)21(26,27)28)19(2,18(31)32)11-30(12)8-4-3-7-20(23,24)25/h5-6,9,17H,3-4,7-8,11H2,1-2H3,(H,31,32). The number of halogens is 7. The number of hydrogen-bond donors (Lipinski definition) is 1. The fourth-order valence-corrected chi connectivity index (χ4v) is 4.04. The first-order chi connectivity index (χ1) is 14.6. The molecule has 1 heterocycles. The summed E-state index contributed by atoms with van der Waals surface area (Å²) in [6.07, 6.45) is -10.6. The fraction of sp³-hybridized carbons (Fsp3) is 0.524. The molecule has 1 N–H and O–H groups in total. The molecule has 2 rings (SSSR count). The average Bonchev–Trinajstić information content (AvgIpc) is 2.66. The van der Waals surface area contributed by atoms with Crippen molar-refractivity contribution < 1.29 is 40.6 Å². The van der Waals surface area contributed by atoms with Crippen molar-refractivity contribution in [2.24, 2.45) is 5.41 Å². The summed E-state index contributed by atoms with van der Waals surface area (Å²) in [7, 11) is 0. The van der Waals surface area contributed by atoms with E-state index in [-0.39, 0.29) is 43.3 Å². The van der Waals surface area contributed by atoms with Crippen LogP contribution in [-0.4, -0.2) is 35.2 Å². The third kappa shape index (κ3) is 5.34. The van der Waals surface area contributed by atoms with Crippen LogP contribution in [0.2, 0.25) is 0 Å². The first-order valence-corrected chi connectivity index (χ1v) is 9.64. The molecule has 0 aliphatic carbocycles. The number of allylic oxidation sites excluding steroid dienone is 2. The van der Waals surface area contributed by atoms with Gasteiger partial charge in [0.1, 0.15) is 5.82 Å². The van der Waals surface area contributed by atoms with E-state index >= 15 is 0 Å². The lowest BCUT2D eigenvalue weighted by atomic mass is 9.66. The number of carboxylic acid groups (broad SMARTS) is 1. The van der Waals surface area contributed by atoms with Crippen molar-refractivity contribution >= 4 is 5.97 Å². The molecule has 32 heavy (non-hydrogen) atoms. The van der Waals surface area contributed by atoms with Crippen LogP contribution in [0.15, 0.2) is 29.5 Å². The molecule has 4 nitrogen and oxygen atoms in total. The minimum absolute atomic E-state index is 0.00176. The lowest BCUT2D eigenvalue weighted by Crippen LogP contribution is -2.49. The molecule has 0 saturated heterocycles. The zero-order chi connectivity index (χ0) is 24.5. The summed E-state index contributed by atoms with van der Waals surface area (Å²) in [4.78, 5) is 13.6. The fourth-order valence-electron chi connectivity index (χ4n) is 4.04. The summed E-state index contributed by atoms with van der Waals surface area (Å²) in [6.45, 7) is 2.26. The highest BCUT2D eigenvalue weighted by Gasteiger charge is 2.52. The Morgan fingerprint density at radius 3 is 2.38 bits per heavy atom. The summed E-state index contributed by atoms with van der Waals surface area (Å²) in [5, 5.41) is 19.6. The molecule has 0 saturated carbocycles. The van der Waals surface area contributed by atoms with E-state index in [1.807, 2.05) is 0 Å². The zero-order valence-electron chi connectivity index (χ0n) is 17.2. The van der Waals surface area contributed by atoms with Gasteiger partial charge in [-0.1, -0.05) is 6.07 Å². The second-order valence-corrected chi connectivity index (χ2v) is 7.99. The Labute approximate surface area is 179 Å². The topological polar surface area (TPSA) is 64.3 Å². The normalized spacial score (nSPS) is 22.1. The molecule has 0 fully saturated rings. The zero-order valence-corrected chi connectivity index (χ0v) is 17.2. The molecule has 2 atom stereocenters. The second kappa shape index (κ2) is 9.00. The molecular formula is C21H21F7N2O2. The number of hydrogen-bond acceptors (Lipinski definition) is 3. The number of carboxylic acids is 1. The predicted molar refractivity (Wildman–Crippen MR) is 99.7 cm³/mol. The van der Waals surface area contributed by atoms with E-state index in [0.717, 1.165) is 12.1 Å². The maximum absolute atomic E-state index is 13.6. The monoisotopic (exact) mass is 466 g/mol. The summed E-state index contributed by atoms with van der Waals surface area (Å²) >= 11 is 0. The summed E-state index contributed by atoms with van der Waals surface area (Å²) in [5.74, 6) is -4.19. The van der Waals surface area contributed by atoms with Crippen molar-refractivity contribution in [2.45, 2.75) is 51.4 Å². The van der Waals surface area contributed by atoms with Crippen LogP contribution in [0.1, 0.15) is 50.2 Å². The van der Waals surface area contributed by atoms with E-state index in [4.69, 9.17) is 0 Å². The molecule has 0 radical (unpaired) electrons. The van der Waals surface area contributed by atoms with Crippen LogP contribution in [-0.2, 0) is 11.0 Å². The first-order valence-electron chi connectivity index (χ1n) is 9.64. The maximum Gasteiger partial charge on any atom is 0.416 e. The van der Waals surface area contributed by atoms with Gasteiger partial charge in [-0.2, -0.15) is 31.6 Å². The van der Waals surface area contributed by atoms with E-state index in [2.05, 4.69) is 0 Å². The Balaban J connectivity index is 2.56. The number of rotatable bonds is 6. The van der Waals surface area contributed by atoms with E-state index in [1.54, 1.807) is 6.07 Å². The molecule has 1 aromatic rings. The Bertz CT molecular complexity index is 947. The number of benzene rings is 1. The molecule has 2 unspecified atom stereocenters. The molecule has 0 aromatic heterocycles. The van der Waals surface area contributed by atoms with Crippen LogP contribution in [0.5, 0.6) is 0 Å². The van der Waals surface area contributed by atoms with Crippen LogP contribution in [0.25, 0.3) is 0 Å². The van der Waals surface area contributed by atoms with Crippen LogP contribution in [0, 0.1) is 22.6 Å². The highest BCUT2D eigenvalue weighted by molar-refractivity contribution is 5.78. The lowest BCUT2D eigenvalue weighted by molar-refractivity contribution is -0.151. The molecule has 176 valence electrons. The minimum Gasteiger partial charge on any atom is -0.481 e. The van der Waals surface area contributed by atoms with Crippen LogP contribution < -0.4 is 0 Å². The Kier molecular flexibility index (Phi) is 7.17. The number of carbonyl (C=O) groups is 1. The Morgan fingerprint density at radius 2 is 1.88 bits per heavy atom. The Hall–Kier alpha value is -2.77. The largest absolute Gasteiger partial charge is 0.481 e. The van der Waals surface area contributed by atoms with Crippen LogP contribution in [0.4, 0.5) is 30.7 Å². The van der Waals surface area contributed by atoms with Crippen molar-refractivity contribution in [1.82, 2.24) is 4.90 Å². The van der Waals surface area contributed by atoms with Gasteiger partial charge in [0.25, 0.3) is 0 Å². The van der Waals surface area contributed by atoms with Gasteiger partial charge < -0.3 is 10.0 Å². The SMILES string of the molecule is CC1=C(C#N)C(c2ccc(F)cc2C(F)(F)F)C(C)(C(=O)O)CN1CCCCC(F)(F)F. The number of alkyl halides is 6. The molecule has 0 amide bonds. The number of nitrogens with zero attached hydrogens (tertiary/aromatic N) is 2. The minimum atomic E-state index is -5.00. The van der Waals surface area contributed by atoms with Crippen molar-refractivity contribution in [1.29, 1.82) is 5.26 Å². The predicted octanol–water partition coefficient (Wildman–Crippen LogP) is 5.86. The highest BCUT2D eigenvalue weighted by atomic mass is 19.4. The molecule has 0 spiro atoms. The van der Waals surface area contributed by atoms with Crippen molar-refractivity contribution in [3.05, 3.63) is 46.4 Å². The average molecular weight is 466 g/mol. The van der Waals surface area contributed by atoms with Gasteiger partial charge in [-0.15, -0.1) is 0 Å². The van der Waals surface area contributed by atoms with Gasteiger partial charge >= 0.3 is 18.3 Å². The van der Waals surface area contributed by atoms with E-state index in [0.29, 0.717) is 0 Å². The van der Waals surface area contributed by atoms with E-state index in [9.17, 15) is 45.9 Å². The smallest absolute Gasteiger partial charge is 0.416 e. The van der Waals surface area contributed by atoms with Crippen molar-refractivity contribution in [2.75, 3.05) is 13.1 Å². The summed E-state index contributed by atoms with van der Waals surface area (Å²) < 4.78 is 91.6. The summed E-state index contributed by atoms with van der Waals surface area (Å²) in [5.41, 5.74) is -3.92. The van der Waals surface area contributed by atoms with Crippen molar-refractivity contribution in [3.63, 3.8) is 0 Å². The van der Waals surface area contributed by atoms with Gasteiger partial charge in [-0.25, -0.2) is 4.39 Å². The quantitative estimate of drug-likeness (QED) is 0.421. The van der Waals surface area contributed by atoms with Crippen LogP contribution >= 0.6 is 0 Å². The molecule has 11 heteroatoms. The van der Waals surface area contributed by atoms with Gasteiger partial charge in [0.2, 0.25) is 0 Å². The maximum atomic E-state index is 13.6. The summed E-state index contributed by atoms with van der Waals surface area (Å²) in [6, 6.07) is 3.63. The lowest BCUT2D eigenvalue weighted by Gasteiger charge is -2.45. The number of unbranched alkanes of at least 4 members (excludes halogenated alkanes) is 1. The van der Waals surface area contributed by atoms with Crippen molar-refractivity contribution in [3.8, 4) is 6.07 Å². The molecule has 1 aliphatic rings.